The van der Waals surface area contributed by atoms with Crippen LogP contribution >= 0.6 is 0 Å². The SMILES string of the molecule is CCCNC(c1ccoc1C)c1cccc2ccccc12. The van der Waals surface area contributed by atoms with Crippen LogP contribution in [0.4, 0.5) is 0 Å². The van der Waals surface area contributed by atoms with Gasteiger partial charge >= 0.3 is 0 Å². The highest BCUT2D eigenvalue weighted by Gasteiger charge is 2.19. The highest BCUT2D eigenvalue weighted by molar-refractivity contribution is 5.86. The second-order valence-corrected chi connectivity index (χ2v) is 5.39. The van der Waals surface area contributed by atoms with Crippen LogP contribution in [0.5, 0.6) is 0 Å². The molecule has 0 fully saturated rings. The third kappa shape index (κ3) is 2.72. The van der Waals surface area contributed by atoms with Gasteiger partial charge in [0.15, 0.2) is 0 Å². The molecule has 1 aromatic heterocycles. The third-order valence-electron chi connectivity index (χ3n) is 3.94. The molecule has 3 aromatic rings. The summed E-state index contributed by atoms with van der Waals surface area (Å²) in [5.74, 6) is 0.983. The molecule has 3 rings (SSSR count). The monoisotopic (exact) mass is 279 g/mol. The second kappa shape index (κ2) is 6.15. The number of benzene rings is 2. The van der Waals surface area contributed by atoms with Crippen molar-refractivity contribution < 1.29 is 4.42 Å². The van der Waals surface area contributed by atoms with Crippen molar-refractivity contribution in [2.75, 3.05) is 6.54 Å². The summed E-state index contributed by atoms with van der Waals surface area (Å²) in [5, 5.41) is 6.24. The van der Waals surface area contributed by atoms with Gasteiger partial charge in [0.25, 0.3) is 0 Å². The third-order valence-corrected chi connectivity index (χ3v) is 3.94. The molecule has 108 valence electrons. The molecule has 0 saturated heterocycles. The average molecular weight is 279 g/mol. The molecule has 1 atom stereocenters. The number of hydrogen-bond acceptors (Lipinski definition) is 2. The highest BCUT2D eigenvalue weighted by atomic mass is 16.3. The lowest BCUT2D eigenvalue weighted by Crippen LogP contribution is -2.23. The Hall–Kier alpha value is -2.06. The molecular formula is C19H21NO. The fraction of sp³-hybridized carbons (Fsp3) is 0.263. The summed E-state index contributed by atoms with van der Waals surface area (Å²) in [6.07, 6.45) is 2.88. The van der Waals surface area contributed by atoms with Gasteiger partial charge in [0, 0.05) is 5.56 Å². The van der Waals surface area contributed by atoms with Gasteiger partial charge in [-0.05, 0) is 42.3 Å². The second-order valence-electron chi connectivity index (χ2n) is 5.39. The zero-order valence-electron chi connectivity index (χ0n) is 12.6. The fourth-order valence-corrected chi connectivity index (χ4v) is 2.87. The summed E-state index contributed by atoms with van der Waals surface area (Å²) in [6.45, 7) is 5.20. The maximum atomic E-state index is 5.52. The molecule has 2 aromatic carbocycles. The maximum Gasteiger partial charge on any atom is 0.105 e. The number of rotatable bonds is 5. The van der Waals surface area contributed by atoms with Gasteiger partial charge in [0.2, 0.25) is 0 Å². The molecule has 0 aliphatic rings. The van der Waals surface area contributed by atoms with Gasteiger partial charge in [-0.15, -0.1) is 0 Å². The van der Waals surface area contributed by atoms with E-state index in [9.17, 15) is 0 Å². The van der Waals surface area contributed by atoms with Crippen molar-refractivity contribution in [1.29, 1.82) is 0 Å². The van der Waals surface area contributed by atoms with Crippen LogP contribution in [-0.2, 0) is 0 Å². The molecule has 1 heterocycles. The smallest absolute Gasteiger partial charge is 0.105 e. The van der Waals surface area contributed by atoms with Crippen LogP contribution in [0.1, 0.15) is 36.3 Å². The van der Waals surface area contributed by atoms with E-state index in [1.54, 1.807) is 6.26 Å². The Morgan fingerprint density at radius 1 is 1.00 bits per heavy atom. The molecule has 0 bridgehead atoms. The van der Waals surface area contributed by atoms with Crippen LogP contribution in [0, 0.1) is 6.92 Å². The van der Waals surface area contributed by atoms with E-state index in [4.69, 9.17) is 4.42 Å². The van der Waals surface area contributed by atoms with Crippen molar-refractivity contribution >= 4 is 10.8 Å². The standard InChI is InChI=1S/C19H21NO/c1-3-12-20-19(16-11-13-21-14(16)2)18-10-6-8-15-7-4-5-9-17(15)18/h4-11,13,19-20H,3,12H2,1-2H3. The van der Waals surface area contributed by atoms with E-state index in [1.165, 1.54) is 21.9 Å². The number of fused-ring (bicyclic) bond motifs is 1. The van der Waals surface area contributed by atoms with Crippen molar-refractivity contribution in [1.82, 2.24) is 5.32 Å². The minimum Gasteiger partial charge on any atom is -0.469 e. The van der Waals surface area contributed by atoms with Gasteiger partial charge in [0.1, 0.15) is 5.76 Å². The lowest BCUT2D eigenvalue weighted by atomic mass is 9.94. The van der Waals surface area contributed by atoms with Crippen molar-refractivity contribution in [2.45, 2.75) is 26.3 Å². The Balaban J connectivity index is 2.12. The predicted octanol–water partition coefficient (Wildman–Crippen LogP) is 4.83. The van der Waals surface area contributed by atoms with E-state index in [1.807, 2.05) is 6.92 Å². The highest BCUT2D eigenvalue weighted by Crippen LogP contribution is 2.31. The first-order valence-corrected chi connectivity index (χ1v) is 7.56. The molecule has 2 heteroatoms. The average Bonchev–Trinajstić information content (AvgIpc) is 2.94. The Morgan fingerprint density at radius 2 is 1.81 bits per heavy atom. The molecule has 0 aliphatic heterocycles. The normalized spacial score (nSPS) is 12.7. The number of nitrogens with one attached hydrogen (secondary N) is 1. The van der Waals surface area contributed by atoms with Crippen LogP contribution in [0.2, 0.25) is 0 Å². The summed E-state index contributed by atoms with van der Waals surface area (Å²) < 4.78 is 5.52. The quantitative estimate of drug-likeness (QED) is 0.723. The topological polar surface area (TPSA) is 25.2 Å². The van der Waals surface area contributed by atoms with Gasteiger partial charge in [0.05, 0.1) is 12.3 Å². The van der Waals surface area contributed by atoms with Crippen molar-refractivity contribution in [3.05, 3.63) is 71.7 Å². The molecular weight excluding hydrogens is 258 g/mol. The summed E-state index contributed by atoms with van der Waals surface area (Å²) in [6, 6.07) is 17.3. The zero-order chi connectivity index (χ0) is 14.7. The molecule has 21 heavy (non-hydrogen) atoms. The van der Waals surface area contributed by atoms with Gasteiger partial charge in [-0.1, -0.05) is 49.4 Å². The minimum absolute atomic E-state index is 0.176. The Bertz CT molecular complexity index is 724. The summed E-state index contributed by atoms with van der Waals surface area (Å²) >= 11 is 0. The number of aryl methyl sites for hydroxylation is 1. The van der Waals surface area contributed by atoms with E-state index in [2.05, 4.69) is 60.8 Å². The van der Waals surface area contributed by atoms with Crippen LogP contribution in [0.15, 0.2) is 59.2 Å². The fourth-order valence-electron chi connectivity index (χ4n) is 2.87. The molecule has 0 spiro atoms. The van der Waals surface area contributed by atoms with Crippen molar-refractivity contribution in [3.8, 4) is 0 Å². The van der Waals surface area contributed by atoms with Crippen LogP contribution in [0.3, 0.4) is 0 Å². The Morgan fingerprint density at radius 3 is 2.57 bits per heavy atom. The molecule has 1 N–H and O–H groups in total. The van der Waals surface area contributed by atoms with Gasteiger partial charge < -0.3 is 9.73 Å². The largest absolute Gasteiger partial charge is 0.469 e. The molecule has 1 unspecified atom stereocenters. The zero-order valence-corrected chi connectivity index (χ0v) is 12.6. The lowest BCUT2D eigenvalue weighted by molar-refractivity contribution is 0.517. The molecule has 2 nitrogen and oxygen atoms in total. The Labute approximate surface area is 125 Å². The first-order chi connectivity index (χ1) is 10.3. The molecule has 0 aliphatic carbocycles. The maximum absolute atomic E-state index is 5.52. The number of furan rings is 1. The van der Waals surface area contributed by atoms with Crippen LogP contribution < -0.4 is 5.32 Å². The number of hydrogen-bond donors (Lipinski definition) is 1. The molecule has 0 saturated carbocycles. The Kier molecular flexibility index (Phi) is 4.07. The molecule has 0 amide bonds. The van der Waals surface area contributed by atoms with Crippen LogP contribution in [-0.4, -0.2) is 6.54 Å². The van der Waals surface area contributed by atoms with E-state index < -0.39 is 0 Å². The van der Waals surface area contributed by atoms with E-state index >= 15 is 0 Å². The summed E-state index contributed by atoms with van der Waals surface area (Å²) in [5.41, 5.74) is 2.53. The first kappa shape index (κ1) is 13.9. The van der Waals surface area contributed by atoms with Crippen molar-refractivity contribution in [2.24, 2.45) is 0 Å². The van der Waals surface area contributed by atoms with Crippen molar-refractivity contribution in [3.63, 3.8) is 0 Å². The lowest BCUT2D eigenvalue weighted by Gasteiger charge is -2.20. The van der Waals surface area contributed by atoms with Gasteiger partial charge in [-0.3, -0.25) is 0 Å². The summed E-state index contributed by atoms with van der Waals surface area (Å²) in [7, 11) is 0. The predicted molar refractivity (Wildman–Crippen MR) is 87.5 cm³/mol. The van der Waals surface area contributed by atoms with E-state index in [0.29, 0.717) is 0 Å². The molecule has 0 radical (unpaired) electrons. The summed E-state index contributed by atoms with van der Waals surface area (Å²) in [4.78, 5) is 0. The minimum atomic E-state index is 0.176. The van der Waals surface area contributed by atoms with Gasteiger partial charge in [-0.2, -0.15) is 0 Å². The van der Waals surface area contributed by atoms with Crippen LogP contribution in [0.25, 0.3) is 10.8 Å². The van der Waals surface area contributed by atoms with Gasteiger partial charge in [-0.25, -0.2) is 0 Å². The van der Waals surface area contributed by atoms with E-state index in [0.717, 1.165) is 18.7 Å². The first-order valence-electron chi connectivity index (χ1n) is 7.56. The van der Waals surface area contributed by atoms with E-state index in [-0.39, 0.29) is 6.04 Å².